The standard InChI is InChI=1S/C16H18FNO/c1-11(2)12-4-3-5-15(8-12)19-10-13-6-7-14(18)9-16(13)17/h3-9,11H,10,18H2,1-2H3. The average molecular weight is 259 g/mol. The number of anilines is 1. The van der Waals surface area contributed by atoms with Gasteiger partial charge in [-0.25, -0.2) is 4.39 Å². The highest BCUT2D eigenvalue weighted by molar-refractivity contribution is 5.40. The van der Waals surface area contributed by atoms with Crippen LogP contribution >= 0.6 is 0 Å². The van der Waals surface area contributed by atoms with Gasteiger partial charge in [-0.05, 0) is 35.7 Å². The van der Waals surface area contributed by atoms with Crippen molar-refractivity contribution in [3.8, 4) is 5.75 Å². The minimum Gasteiger partial charge on any atom is -0.489 e. The Morgan fingerprint density at radius 3 is 2.63 bits per heavy atom. The molecule has 2 rings (SSSR count). The van der Waals surface area contributed by atoms with Crippen molar-refractivity contribution in [1.82, 2.24) is 0 Å². The van der Waals surface area contributed by atoms with Crippen molar-refractivity contribution in [2.75, 3.05) is 5.73 Å². The smallest absolute Gasteiger partial charge is 0.131 e. The summed E-state index contributed by atoms with van der Waals surface area (Å²) in [4.78, 5) is 0. The molecule has 19 heavy (non-hydrogen) atoms. The first-order valence-electron chi connectivity index (χ1n) is 6.33. The lowest BCUT2D eigenvalue weighted by molar-refractivity contribution is 0.299. The molecule has 2 aromatic rings. The number of benzene rings is 2. The van der Waals surface area contributed by atoms with Gasteiger partial charge >= 0.3 is 0 Å². The molecule has 0 aliphatic rings. The molecule has 0 aromatic heterocycles. The summed E-state index contributed by atoms with van der Waals surface area (Å²) in [5.41, 5.74) is 7.63. The molecule has 2 nitrogen and oxygen atoms in total. The molecule has 0 saturated carbocycles. The molecule has 0 bridgehead atoms. The molecule has 100 valence electrons. The summed E-state index contributed by atoms with van der Waals surface area (Å²) in [5, 5.41) is 0. The number of halogens is 1. The third-order valence-corrected chi connectivity index (χ3v) is 3.00. The summed E-state index contributed by atoms with van der Waals surface area (Å²) in [6.45, 7) is 4.45. The van der Waals surface area contributed by atoms with E-state index in [1.165, 1.54) is 11.6 Å². The number of rotatable bonds is 4. The monoisotopic (exact) mass is 259 g/mol. The van der Waals surface area contributed by atoms with E-state index in [-0.39, 0.29) is 12.4 Å². The number of hydrogen-bond acceptors (Lipinski definition) is 2. The van der Waals surface area contributed by atoms with E-state index in [1.54, 1.807) is 12.1 Å². The van der Waals surface area contributed by atoms with Crippen molar-refractivity contribution in [1.29, 1.82) is 0 Å². The van der Waals surface area contributed by atoms with Crippen molar-refractivity contribution in [3.63, 3.8) is 0 Å². The first kappa shape index (κ1) is 13.4. The van der Waals surface area contributed by atoms with Gasteiger partial charge in [-0.2, -0.15) is 0 Å². The molecule has 0 aliphatic heterocycles. The van der Waals surface area contributed by atoms with Crippen molar-refractivity contribution >= 4 is 5.69 Å². The molecule has 0 spiro atoms. The maximum Gasteiger partial charge on any atom is 0.131 e. The van der Waals surface area contributed by atoms with E-state index >= 15 is 0 Å². The Hall–Kier alpha value is -2.03. The summed E-state index contributed by atoms with van der Waals surface area (Å²) >= 11 is 0. The molecule has 0 unspecified atom stereocenters. The second-order valence-electron chi connectivity index (χ2n) is 4.87. The molecular weight excluding hydrogens is 241 g/mol. The molecule has 0 amide bonds. The Kier molecular flexibility index (Phi) is 4.05. The number of hydrogen-bond donors (Lipinski definition) is 1. The normalized spacial score (nSPS) is 10.7. The van der Waals surface area contributed by atoms with Crippen LogP contribution in [-0.2, 0) is 6.61 Å². The highest BCUT2D eigenvalue weighted by atomic mass is 19.1. The fourth-order valence-electron chi connectivity index (χ4n) is 1.81. The first-order chi connectivity index (χ1) is 9.06. The van der Waals surface area contributed by atoms with Crippen molar-refractivity contribution in [2.45, 2.75) is 26.4 Å². The lowest BCUT2D eigenvalue weighted by Gasteiger charge is -2.10. The quantitative estimate of drug-likeness (QED) is 0.839. The van der Waals surface area contributed by atoms with Crippen molar-refractivity contribution < 1.29 is 9.13 Å². The molecule has 0 saturated heterocycles. The lowest BCUT2D eigenvalue weighted by atomic mass is 10.0. The lowest BCUT2D eigenvalue weighted by Crippen LogP contribution is -2.00. The Morgan fingerprint density at radius 1 is 1.16 bits per heavy atom. The van der Waals surface area contributed by atoms with E-state index in [1.807, 2.05) is 18.2 Å². The molecular formula is C16H18FNO. The van der Waals surface area contributed by atoms with E-state index < -0.39 is 0 Å². The average Bonchev–Trinajstić information content (AvgIpc) is 2.38. The van der Waals surface area contributed by atoms with Crippen LogP contribution in [0.25, 0.3) is 0 Å². The SMILES string of the molecule is CC(C)c1cccc(OCc2ccc(N)cc2F)c1. The minimum atomic E-state index is -0.333. The zero-order valence-corrected chi connectivity index (χ0v) is 11.2. The highest BCUT2D eigenvalue weighted by Crippen LogP contribution is 2.21. The maximum absolute atomic E-state index is 13.6. The van der Waals surface area contributed by atoms with Gasteiger partial charge in [0.1, 0.15) is 18.2 Å². The molecule has 0 aliphatic carbocycles. The zero-order chi connectivity index (χ0) is 13.8. The Bertz CT molecular complexity index is 566. The van der Waals surface area contributed by atoms with E-state index in [2.05, 4.69) is 19.9 Å². The highest BCUT2D eigenvalue weighted by Gasteiger charge is 2.05. The number of ether oxygens (including phenoxy) is 1. The number of nitrogens with two attached hydrogens (primary N) is 1. The second kappa shape index (κ2) is 5.74. The molecule has 3 heteroatoms. The van der Waals surface area contributed by atoms with Crippen LogP contribution in [0.4, 0.5) is 10.1 Å². The van der Waals surface area contributed by atoms with Crippen LogP contribution < -0.4 is 10.5 Å². The van der Waals surface area contributed by atoms with Crippen molar-refractivity contribution in [2.24, 2.45) is 0 Å². The first-order valence-corrected chi connectivity index (χ1v) is 6.33. The molecule has 0 fully saturated rings. The van der Waals surface area contributed by atoms with Gasteiger partial charge in [0.15, 0.2) is 0 Å². The van der Waals surface area contributed by atoms with E-state index in [0.29, 0.717) is 17.2 Å². The molecule has 2 aromatic carbocycles. The van der Waals surface area contributed by atoms with Gasteiger partial charge in [-0.15, -0.1) is 0 Å². The topological polar surface area (TPSA) is 35.2 Å². The van der Waals surface area contributed by atoms with Crippen LogP contribution in [0, 0.1) is 5.82 Å². The molecule has 2 N–H and O–H groups in total. The summed E-state index contributed by atoms with van der Waals surface area (Å²) in [7, 11) is 0. The van der Waals surface area contributed by atoms with E-state index in [4.69, 9.17) is 10.5 Å². The van der Waals surface area contributed by atoms with Crippen LogP contribution in [0.15, 0.2) is 42.5 Å². The van der Waals surface area contributed by atoms with Gasteiger partial charge in [-0.1, -0.05) is 32.0 Å². The summed E-state index contributed by atoms with van der Waals surface area (Å²) < 4.78 is 19.2. The van der Waals surface area contributed by atoms with Crippen LogP contribution in [0.1, 0.15) is 30.9 Å². The van der Waals surface area contributed by atoms with Gasteiger partial charge in [0.05, 0.1) is 0 Å². The van der Waals surface area contributed by atoms with Gasteiger partial charge in [0, 0.05) is 11.3 Å². The Labute approximate surface area is 113 Å². The molecule has 0 atom stereocenters. The van der Waals surface area contributed by atoms with Crippen LogP contribution in [-0.4, -0.2) is 0 Å². The van der Waals surface area contributed by atoms with Gasteiger partial charge in [-0.3, -0.25) is 0 Å². The molecule has 0 radical (unpaired) electrons. The summed E-state index contributed by atoms with van der Waals surface area (Å²) in [6.07, 6.45) is 0. The predicted octanol–water partition coefficient (Wildman–Crippen LogP) is 4.11. The van der Waals surface area contributed by atoms with Crippen LogP contribution in [0.5, 0.6) is 5.75 Å². The second-order valence-corrected chi connectivity index (χ2v) is 4.87. The zero-order valence-electron chi connectivity index (χ0n) is 11.2. The summed E-state index contributed by atoms with van der Waals surface area (Å²) in [6, 6.07) is 12.5. The third kappa shape index (κ3) is 3.47. The Morgan fingerprint density at radius 2 is 1.95 bits per heavy atom. The largest absolute Gasteiger partial charge is 0.489 e. The third-order valence-electron chi connectivity index (χ3n) is 3.00. The number of nitrogen functional groups attached to an aromatic ring is 1. The fourth-order valence-corrected chi connectivity index (χ4v) is 1.81. The predicted molar refractivity (Wildman–Crippen MR) is 75.7 cm³/mol. The Balaban J connectivity index is 2.08. The van der Waals surface area contributed by atoms with E-state index in [9.17, 15) is 4.39 Å². The van der Waals surface area contributed by atoms with Crippen LogP contribution in [0.2, 0.25) is 0 Å². The van der Waals surface area contributed by atoms with Gasteiger partial charge < -0.3 is 10.5 Å². The fraction of sp³-hybridized carbons (Fsp3) is 0.250. The summed E-state index contributed by atoms with van der Waals surface area (Å²) in [5.74, 6) is 0.860. The van der Waals surface area contributed by atoms with Crippen LogP contribution in [0.3, 0.4) is 0 Å². The maximum atomic E-state index is 13.6. The van der Waals surface area contributed by atoms with Crippen molar-refractivity contribution in [3.05, 3.63) is 59.4 Å². The van der Waals surface area contributed by atoms with Gasteiger partial charge in [0.2, 0.25) is 0 Å². The molecule has 0 heterocycles. The minimum absolute atomic E-state index is 0.202. The van der Waals surface area contributed by atoms with E-state index in [0.717, 1.165) is 5.75 Å². The van der Waals surface area contributed by atoms with Gasteiger partial charge in [0.25, 0.3) is 0 Å².